The standard InChI is InChI=1S/C16H17ClN4O2S/c17-12-3-1-2-11(6-12)7-13-8-19-16(24-13)20-15(23)10-21-5-4-18-14(22)9-21/h1-3,6,8H,4-5,7,9-10H2,(H,18,22)(H,19,20,23). The third kappa shape index (κ3) is 4.77. The third-order valence-corrected chi connectivity index (χ3v) is 4.70. The maximum absolute atomic E-state index is 12.1. The van der Waals surface area contributed by atoms with Crippen molar-refractivity contribution in [3.63, 3.8) is 0 Å². The predicted octanol–water partition coefficient (Wildman–Crippen LogP) is 1.76. The quantitative estimate of drug-likeness (QED) is 0.847. The molecule has 0 aliphatic carbocycles. The molecule has 0 unspecified atom stereocenters. The number of carbonyl (C=O) groups excluding carboxylic acids is 2. The van der Waals surface area contributed by atoms with E-state index in [0.717, 1.165) is 16.9 Å². The van der Waals surface area contributed by atoms with E-state index in [1.807, 2.05) is 29.2 Å². The first-order valence-electron chi connectivity index (χ1n) is 7.56. The zero-order valence-electron chi connectivity index (χ0n) is 12.9. The summed E-state index contributed by atoms with van der Waals surface area (Å²) in [6.45, 7) is 1.70. The maximum Gasteiger partial charge on any atom is 0.240 e. The molecule has 0 bridgehead atoms. The van der Waals surface area contributed by atoms with Gasteiger partial charge < -0.3 is 10.6 Å². The number of nitrogens with one attached hydrogen (secondary N) is 2. The van der Waals surface area contributed by atoms with Crippen LogP contribution in [0.15, 0.2) is 30.5 Å². The van der Waals surface area contributed by atoms with Gasteiger partial charge in [-0.1, -0.05) is 23.7 Å². The molecule has 3 rings (SSSR count). The van der Waals surface area contributed by atoms with E-state index >= 15 is 0 Å². The Morgan fingerprint density at radius 1 is 1.46 bits per heavy atom. The first-order valence-corrected chi connectivity index (χ1v) is 8.76. The van der Waals surface area contributed by atoms with E-state index in [0.29, 0.717) is 23.2 Å². The van der Waals surface area contributed by atoms with Crippen LogP contribution in [0.5, 0.6) is 0 Å². The second kappa shape index (κ2) is 7.74. The molecular weight excluding hydrogens is 348 g/mol. The molecule has 0 atom stereocenters. The maximum atomic E-state index is 12.1. The van der Waals surface area contributed by atoms with Gasteiger partial charge in [-0.3, -0.25) is 14.5 Å². The van der Waals surface area contributed by atoms with Crippen LogP contribution in [0.4, 0.5) is 5.13 Å². The van der Waals surface area contributed by atoms with Crippen LogP contribution in [0.25, 0.3) is 0 Å². The molecule has 1 aliphatic heterocycles. The van der Waals surface area contributed by atoms with Gasteiger partial charge in [-0.25, -0.2) is 4.98 Å². The molecule has 126 valence electrons. The zero-order valence-corrected chi connectivity index (χ0v) is 14.5. The molecule has 1 aliphatic rings. The van der Waals surface area contributed by atoms with Gasteiger partial charge in [-0.2, -0.15) is 0 Å². The molecule has 8 heteroatoms. The highest BCUT2D eigenvalue weighted by Crippen LogP contribution is 2.22. The number of carbonyl (C=O) groups is 2. The van der Waals surface area contributed by atoms with Crippen molar-refractivity contribution in [1.29, 1.82) is 0 Å². The first kappa shape index (κ1) is 16.9. The van der Waals surface area contributed by atoms with Gasteiger partial charge in [0.2, 0.25) is 11.8 Å². The van der Waals surface area contributed by atoms with Crippen molar-refractivity contribution in [1.82, 2.24) is 15.2 Å². The van der Waals surface area contributed by atoms with Gasteiger partial charge >= 0.3 is 0 Å². The summed E-state index contributed by atoms with van der Waals surface area (Å²) in [6.07, 6.45) is 2.48. The molecule has 1 aromatic heterocycles. The number of amides is 2. The normalized spacial score (nSPS) is 15.1. The lowest BCUT2D eigenvalue weighted by Crippen LogP contribution is -2.49. The Bertz CT molecular complexity index is 749. The Morgan fingerprint density at radius 3 is 3.12 bits per heavy atom. The van der Waals surface area contributed by atoms with E-state index < -0.39 is 0 Å². The van der Waals surface area contributed by atoms with E-state index in [9.17, 15) is 9.59 Å². The third-order valence-electron chi connectivity index (χ3n) is 3.55. The molecular formula is C16H17ClN4O2S. The van der Waals surface area contributed by atoms with E-state index in [4.69, 9.17) is 11.6 Å². The van der Waals surface area contributed by atoms with E-state index in [1.54, 1.807) is 6.20 Å². The molecule has 1 fully saturated rings. The Balaban J connectivity index is 1.53. The monoisotopic (exact) mass is 364 g/mol. The largest absolute Gasteiger partial charge is 0.354 e. The summed E-state index contributed by atoms with van der Waals surface area (Å²) in [5.41, 5.74) is 1.10. The lowest BCUT2D eigenvalue weighted by molar-refractivity contribution is -0.125. The van der Waals surface area contributed by atoms with E-state index in [1.165, 1.54) is 11.3 Å². The minimum atomic E-state index is -0.159. The Kier molecular flexibility index (Phi) is 5.44. The van der Waals surface area contributed by atoms with Crippen molar-refractivity contribution in [3.05, 3.63) is 45.9 Å². The highest BCUT2D eigenvalue weighted by atomic mass is 35.5. The van der Waals surface area contributed by atoms with Gasteiger partial charge in [0.15, 0.2) is 5.13 Å². The number of halogens is 1. The number of hydrogen-bond acceptors (Lipinski definition) is 5. The number of aromatic nitrogens is 1. The van der Waals surface area contributed by atoms with Crippen molar-refractivity contribution < 1.29 is 9.59 Å². The number of rotatable bonds is 5. The number of thiazole rings is 1. The van der Waals surface area contributed by atoms with Crippen molar-refractivity contribution in [2.45, 2.75) is 6.42 Å². The molecule has 0 saturated carbocycles. The number of hydrogen-bond donors (Lipinski definition) is 2. The van der Waals surface area contributed by atoms with Crippen LogP contribution in [0, 0.1) is 0 Å². The van der Waals surface area contributed by atoms with Crippen molar-refractivity contribution in [2.24, 2.45) is 0 Å². The van der Waals surface area contributed by atoms with E-state index in [-0.39, 0.29) is 24.9 Å². The molecule has 2 amide bonds. The lowest BCUT2D eigenvalue weighted by Gasteiger charge is -2.25. The molecule has 1 aromatic carbocycles. The zero-order chi connectivity index (χ0) is 16.9. The fourth-order valence-electron chi connectivity index (χ4n) is 2.48. The summed E-state index contributed by atoms with van der Waals surface area (Å²) in [7, 11) is 0. The van der Waals surface area contributed by atoms with Crippen LogP contribution in [0.1, 0.15) is 10.4 Å². The van der Waals surface area contributed by atoms with Gasteiger partial charge in [0.05, 0.1) is 13.1 Å². The molecule has 1 saturated heterocycles. The molecule has 2 heterocycles. The lowest BCUT2D eigenvalue weighted by atomic mass is 10.1. The minimum Gasteiger partial charge on any atom is -0.354 e. The summed E-state index contributed by atoms with van der Waals surface area (Å²) < 4.78 is 0. The highest BCUT2D eigenvalue weighted by molar-refractivity contribution is 7.15. The van der Waals surface area contributed by atoms with Gasteiger partial charge in [-0.05, 0) is 17.7 Å². The molecule has 0 spiro atoms. The Labute approximate surface area is 148 Å². The van der Waals surface area contributed by atoms with Crippen molar-refractivity contribution in [2.75, 3.05) is 31.5 Å². The van der Waals surface area contributed by atoms with Gasteiger partial charge in [0, 0.05) is 35.6 Å². The van der Waals surface area contributed by atoms with Crippen LogP contribution >= 0.6 is 22.9 Å². The number of anilines is 1. The fraction of sp³-hybridized carbons (Fsp3) is 0.312. The summed E-state index contributed by atoms with van der Waals surface area (Å²) >= 11 is 7.43. The molecule has 6 nitrogen and oxygen atoms in total. The summed E-state index contributed by atoms with van der Waals surface area (Å²) in [5, 5.41) is 6.80. The van der Waals surface area contributed by atoms with Crippen LogP contribution in [-0.4, -0.2) is 47.9 Å². The second-order valence-electron chi connectivity index (χ2n) is 5.55. The van der Waals surface area contributed by atoms with Gasteiger partial charge in [-0.15, -0.1) is 11.3 Å². The van der Waals surface area contributed by atoms with Crippen molar-refractivity contribution in [3.8, 4) is 0 Å². The van der Waals surface area contributed by atoms with Gasteiger partial charge in [0.1, 0.15) is 0 Å². The number of nitrogens with zero attached hydrogens (tertiary/aromatic N) is 2. The SMILES string of the molecule is O=C1CN(CC(=O)Nc2ncc(Cc3cccc(Cl)c3)s2)CCN1. The van der Waals surface area contributed by atoms with Gasteiger partial charge in [0.25, 0.3) is 0 Å². The number of benzene rings is 1. The average molecular weight is 365 g/mol. The minimum absolute atomic E-state index is 0.0490. The van der Waals surface area contributed by atoms with Crippen LogP contribution in [0.2, 0.25) is 5.02 Å². The molecule has 2 N–H and O–H groups in total. The summed E-state index contributed by atoms with van der Waals surface area (Å²) in [5.74, 6) is -0.208. The highest BCUT2D eigenvalue weighted by Gasteiger charge is 2.19. The first-order chi connectivity index (χ1) is 11.6. The van der Waals surface area contributed by atoms with Crippen molar-refractivity contribution >= 4 is 39.9 Å². The smallest absolute Gasteiger partial charge is 0.240 e. The average Bonchev–Trinajstić information content (AvgIpc) is 2.94. The molecule has 0 radical (unpaired) electrons. The van der Waals surface area contributed by atoms with E-state index in [2.05, 4.69) is 15.6 Å². The van der Waals surface area contributed by atoms with Crippen LogP contribution in [-0.2, 0) is 16.0 Å². The second-order valence-corrected chi connectivity index (χ2v) is 7.10. The summed E-state index contributed by atoms with van der Waals surface area (Å²) in [4.78, 5) is 30.5. The summed E-state index contributed by atoms with van der Waals surface area (Å²) in [6, 6.07) is 7.67. The van der Waals surface area contributed by atoms with Crippen LogP contribution < -0.4 is 10.6 Å². The predicted molar refractivity (Wildman–Crippen MR) is 94.5 cm³/mol. The topological polar surface area (TPSA) is 74.3 Å². The van der Waals surface area contributed by atoms with Crippen LogP contribution in [0.3, 0.4) is 0 Å². The Morgan fingerprint density at radius 2 is 2.33 bits per heavy atom. The molecule has 2 aromatic rings. The number of piperazine rings is 1. The molecule has 24 heavy (non-hydrogen) atoms. The fourth-order valence-corrected chi connectivity index (χ4v) is 3.56. The Hall–Kier alpha value is -1.96.